The average Bonchev–Trinajstić information content (AvgIpc) is 2.76. The highest BCUT2D eigenvalue weighted by molar-refractivity contribution is 7.11. The van der Waals surface area contributed by atoms with E-state index >= 15 is 0 Å². The van der Waals surface area contributed by atoms with Crippen molar-refractivity contribution in [1.29, 1.82) is 0 Å². The van der Waals surface area contributed by atoms with E-state index in [0.717, 1.165) is 24.4 Å². The van der Waals surface area contributed by atoms with Crippen LogP contribution in [0.3, 0.4) is 0 Å². The molecule has 1 aromatic rings. The first kappa shape index (κ1) is 15.6. The average molecular weight is 270 g/mol. The highest BCUT2D eigenvalue weighted by Gasteiger charge is 2.36. The van der Waals surface area contributed by atoms with Gasteiger partial charge in [0.25, 0.3) is 0 Å². The molecule has 0 aromatic carbocycles. The van der Waals surface area contributed by atoms with Gasteiger partial charge in [0.1, 0.15) is 5.01 Å². The third-order valence-electron chi connectivity index (χ3n) is 3.58. The van der Waals surface area contributed by atoms with Gasteiger partial charge in [-0.25, -0.2) is 4.98 Å². The highest BCUT2D eigenvalue weighted by atomic mass is 32.1. The second-order valence-electron chi connectivity index (χ2n) is 4.88. The molecule has 2 unspecified atom stereocenters. The molecule has 0 saturated heterocycles. The number of nitrogens with zero attached hydrogens (tertiary/aromatic N) is 1. The van der Waals surface area contributed by atoms with E-state index in [1.807, 2.05) is 0 Å². The summed E-state index contributed by atoms with van der Waals surface area (Å²) < 4.78 is 5.55. The molecule has 0 radical (unpaired) electrons. The van der Waals surface area contributed by atoms with Crippen LogP contribution in [0.15, 0.2) is 0 Å². The molecule has 0 bridgehead atoms. The Morgan fingerprint density at radius 3 is 2.56 bits per heavy atom. The minimum Gasteiger partial charge on any atom is -0.379 e. The standard InChI is InChI=1S/C14H26N2OS/c1-7-9-15-14(5,11(4)17-6)13-16-12(8-2)10(3)18-13/h11,15H,7-9H2,1-6H3. The molecule has 0 spiro atoms. The van der Waals surface area contributed by atoms with Crippen molar-refractivity contribution < 1.29 is 4.74 Å². The number of ether oxygens (including phenoxy) is 1. The van der Waals surface area contributed by atoms with Crippen LogP contribution >= 0.6 is 11.3 Å². The number of hydrogen-bond donors (Lipinski definition) is 1. The van der Waals surface area contributed by atoms with Crippen molar-refractivity contribution >= 4 is 11.3 Å². The Bertz CT molecular complexity index is 378. The van der Waals surface area contributed by atoms with Crippen molar-refractivity contribution in [2.45, 2.75) is 59.1 Å². The molecule has 104 valence electrons. The zero-order valence-electron chi connectivity index (χ0n) is 12.5. The zero-order chi connectivity index (χ0) is 13.8. The first-order chi connectivity index (χ1) is 8.49. The van der Waals surface area contributed by atoms with Crippen LogP contribution in [0.1, 0.15) is 49.7 Å². The van der Waals surface area contributed by atoms with Crippen LogP contribution in [0.2, 0.25) is 0 Å². The molecular weight excluding hydrogens is 244 g/mol. The second kappa shape index (κ2) is 6.64. The molecule has 18 heavy (non-hydrogen) atoms. The first-order valence-corrected chi connectivity index (χ1v) is 7.55. The fourth-order valence-electron chi connectivity index (χ4n) is 1.99. The first-order valence-electron chi connectivity index (χ1n) is 6.74. The summed E-state index contributed by atoms with van der Waals surface area (Å²) in [5.74, 6) is 0. The van der Waals surface area contributed by atoms with Crippen LogP contribution in [0.5, 0.6) is 0 Å². The predicted molar refractivity (Wildman–Crippen MR) is 78.3 cm³/mol. The molecule has 1 N–H and O–H groups in total. The van der Waals surface area contributed by atoms with Crippen LogP contribution < -0.4 is 5.32 Å². The Labute approximate surface area is 115 Å². The Morgan fingerprint density at radius 2 is 2.11 bits per heavy atom. The summed E-state index contributed by atoms with van der Waals surface area (Å²) in [6.07, 6.45) is 2.20. The largest absolute Gasteiger partial charge is 0.379 e. The second-order valence-corrected chi connectivity index (χ2v) is 6.09. The number of hydrogen-bond acceptors (Lipinski definition) is 4. The van der Waals surface area contributed by atoms with Gasteiger partial charge in [0.05, 0.1) is 17.3 Å². The maximum atomic E-state index is 5.55. The lowest BCUT2D eigenvalue weighted by Crippen LogP contribution is -2.49. The molecule has 4 heteroatoms. The van der Waals surface area contributed by atoms with Gasteiger partial charge in [-0.2, -0.15) is 0 Å². The quantitative estimate of drug-likeness (QED) is 0.826. The van der Waals surface area contributed by atoms with E-state index in [2.05, 4.69) is 39.9 Å². The van der Waals surface area contributed by atoms with E-state index in [1.54, 1.807) is 18.4 Å². The molecule has 0 fully saturated rings. The lowest BCUT2D eigenvalue weighted by Gasteiger charge is -2.34. The third-order valence-corrected chi connectivity index (χ3v) is 4.83. The fraction of sp³-hybridized carbons (Fsp3) is 0.786. The molecule has 0 aliphatic rings. The molecule has 1 heterocycles. The Hall–Kier alpha value is -0.450. The smallest absolute Gasteiger partial charge is 0.116 e. The summed E-state index contributed by atoms with van der Waals surface area (Å²) in [4.78, 5) is 6.12. The zero-order valence-corrected chi connectivity index (χ0v) is 13.3. The van der Waals surface area contributed by atoms with Gasteiger partial charge in [-0.15, -0.1) is 11.3 Å². The van der Waals surface area contributed by atoms with E-state index in [-0.39, 0.29) is 11.6 Å². The normalized spacial score (nSPS) is 16.6. The van der Waals surface area contributed by atoms with Crippen LogP contribution in [-0.4, -0.2) is 24.7 Å². The monoisotopic (exact) mass is 270 g/mol. The summed E-state index contributed by atoms with van der Waals surface area (Å²) in [5, 5.41) is 4.74. The number of aromatic nitrogens is 1. The fourth-order valence-corrected chi connectivity index (χ4v) is 3.20. The van der Waals surface area contributed by atoms with E-state index in [0.29, 0.717) is 0 Å². The van der Waals surface area contributed by atoms with Gasteiger partial charge in [0, 0.05) is 12.0 Å². The Balaban J connectivity index is 3.07. The number of nitrogens with one attached hydrogen (secondary N) is 1. The lowest BCUT2D eigenvalue weighted by atomic mass is 9.96. The summed E-state index contributed by atoms with van der Waals surface area (Å²) in [6.45, 7) is 11.7. The van der Waals surface area contributed by atoms with Gasteiger partial charge >= 0.3 is 0 Å². The predicted octanol–water partition coefficient (Wildman–Crippen LogP) is 3.26. The van der Waals surface area contributed by atoms with Crippen molar-refractivity contribution in [3.8, 4) is 0 Å². The molecule has 1 rings (SSSR count). The van der Waals surface area contributed by atoms with Gasteiger partial charge in [0.15, 0.2) is 0 Å². The maximum absolute atomic E-state index is 5.55. The maximum Gasteiger partial charge on any atom is 0.116 e. The van der Waals surface area contributed by atoms with Crippen LogP contribution in [0, 0.1) is 6.92 Å². The Morgan fingerprint density at radius 1 is 1.44 bits per heavy atom. The molecule has 2 atom stereocenters. The number of thiazole rings is 1. The van der Waals surface area contributed by atoms with Crippen LogP contribution in [0.4, 0.5) is 0 Å². The highest BCUT2D eigenvalue weighted by Crippen LogP contribution is 2.32. The minimum atomic E-state index is -0.201. The van der Waals surface area contributed by atoms with E-state index in [1.165, 1.54) is 10.6 Å². The van der Waals surface area contributed by atoms with E-state index in [4.69, 9.17) is 9.72 Å². The van der Waals surface area contributed by atoms with Gasteiger partial charge in [0.2, 0.25) is 0 Å². The van der Waals surface area contributed by atoms with E-state index in [9.17, 15) is 0 Å². The lowest BCUT2D eigenvalue weighted by molar-refractivity contribution is 0.0362. The van der Waals surface area contributed by atoms with Crippen molar-refractivity contribution in [1.82, 2.24) is 10.3 Å². The molecule has 3 nitrogen and oxygen atoms in total. The van der Waals surface area contributed by atoms with Crippen molar-refractivity contribution in [2.24, 2.45) is 0 Å². The van der Waals surface area contributed by atoms with Crippen molar-refractivity contribution in [2.75, 3.05) is 13.7 Å². The number of rotatable bonds is 7. The summed E-state index contributed by atoms with van der Waals surface area (Å²) in [6, 6.07) is 0. The number of methoxy groups -OCH3 is 1. The van der Waals surface area contributed by atoms with Crippen LogP contribution in [0.25, 0.3) is 0 Å². The van der Waals surface area contributed by atoms with Crippen LogP contribution in [-0.2, 0) is 16.7 Å². The molecule has 0 saturated carbocycles. The van der Waals surface area contributed by atoms with Crippen molar-refractivity contribution in [3.05, 3.63) is 15.6 Å². The summed E-state index contributed by atoms with van der Waals surface area (Å²) >= 11 is 1.79. The molecule has 1 aromatic heterocycles. The van der Waals surface area contributed by atoms with Crippen molar-refractivity contribution in [3.63, 3.8) is 0 Å². The van der Waals surface area contributed by atoms with Gasteiger partial charge < -0.3 is 10.1 Å². The number of aryl methyl sites for hydroxylation is 2. The molecular formula is C14H26N2OS. The molecule has 0 amide bonds. The third kappa shape index (κ3) is 3.11. The van der Waals surface area contributed by atoms with Gasteiger partial charge in [-0.1, -0.05) is 13.8 Å². The topological polar surface area (TPSA) is 34.2 Å². The molecule has 0 aliphatic heterocycles. The van der Waals surface area contributed by atoms with Gasteiger partial charge in [-0.05, 0) is 40.2 Å². The minimum absolute atomic E-state index is 0.0966. The SMILES string of the molecule is CCCNC(C)(c1nc(CC)c(C)s1)C(C)OC. The Kier molecular flexibility index (Phi) is 5.76. The molecule has 0 aliphatic carbocycles. The van der Waals surface area contributed by atoms with E-state index < -0.39 is 0 Å². The summed E-state index contributed by atoms with van der Waals surface area (Å²) in [5.41, 5.74) is 1.01. The van der Waals surface area contributed by atoms with Gasteiger partial charge in [-0.3, -0.25) is 0 Å². The summed E-state index contributed by atoms with van der Waals surface area (Å²) in [7, 11) is 1.76.